The summed E-state index contributed by atoms with van der Waals surface area (Å²) in [6.45, 7) is 1.38. The molecule has 0 saturated carbocycles. The summed E-state index contributed by atoms with van der Waals surface area (Å²) in [5, 5.41) is 6.18. The zero-order chi connectivity index (χ0) is 17.7. The lowest BCUT2D eigenvalue weighted by molar-refractivity contribution is -0.119. The highest BCUT2D eigenvalue weighted by atomic mass is 32.2. The summed E-state index contributed by atoms with van der Waals surface area (Å²) in [5.74, 6) is -0.391. The SMILES string of the molecule is Cc1cc(N(CC(=O)NCCc2ccccc2F)S(C)(=O)=O)no1. The molecule has 1 amide bonds. The van der Waals surface area contributed by atoms with Gasteiger partial charge in [-0.1, -0.05) is 23.4 Å². The van der Waals surface area contributed by atoms with Crippen molar-refractivity contribution in [2.45, 2.75) is 13.3 Å². The molecule has 2 rings (SSSR count). The van der Waals surface area contributed by atoms with Crippen LogP contribution in [0.1, 0.15) is 11.3 Å². The fourth-order valence-electron chi connectivity index (χ4n) is 2.06. The number of hydrogen-bond acceptors (Lipinski definition) is 5. The van der Waals surface area contributed by atoms with E-state index in [2.05, 4.69) is 10.5 Å². The summed E-state index contributed by atoms with van der Waals surface area (Å²) in [5.41, 5.74) is 0.477. The Bertz CT molecular complexity index is 820. The molecule has 1 heterocycles. The van der Waals surface area contributed by atoms with Crippen molar-refractivity contribution in [1.29, 1.82) is 0 Å². The number of amides is 1. The van der Waals surface area contributed by atoms with Crippen LogP contribution in [-0.2, 0) is 21.2 Å². The van der Waals surface area contributed by atoms with E-state index < -0.39 is 22.5 Å². The molecule has 0 aliphatic rings. The zero-order valence-corrected chi connectivity index (χ0v) is 14.1. The minimum absolute atomic E-state index is 0.0410. The molecule has 0 radical (unpaired) electrons. The van der Waals surface area contributed by atoms with Crippen LogP contribution in [0.5, 0.6) is 0 Å². The maximum absolute atomic E-state index is 13.5. The summed E-state index contributed by atoms with van der Waals surface area (Å²) in [7, 11) is -3.69. The molecule has 7 nitrogen and oxygen atoms in total. The molecule has 130 valence electrons. The van der Waals surface area contributed by atoms with Crippen LogP contribution in [0.2, 0.25) is 0 Å². The van der Waals surface area contributed by atoms with Crippen molar-refractivity contribution < 1.29 is 22.1 Å². The lowest BCUT2D eigenvalue weighted by atomic mass is 10.1. The van der Waals surface area contributed by atoms with Gasteiger partial charge in [0.25, 0.3) is 0 Å². The number of nitrogens with one attached hydrogen (secondary N) is 1. The Labute approximate surface area is 139 Å². The van der Waals surface area contributed by atoms with Gasteiger partial charge in [-0.25, -0.2) is 17.1 Å². The van der Waals surface area contributed by atoms with Crippen LogP contribution >= 0.6 is 0 Å². The van der Waals surface area contributed by atoms with Crippen molar-refractivity contribution in [2.75, 3.05) is 23.7 Å². The molecule has 1 N–H and O–H groups in total. The second kappa shape index (κ2) is 7.43. The average molecular weight is 355 g/mol. The van der Waals surface area contributed by atoms with E-state index in [4.69, 9.17) is 4.52 Å². The summed E-state index contributed by atoms with van der Waals surface area (Å²) in [6.07, 6.45) is 1.28. The maximum atomic E-state index is 13.5. The van der Waals surface area contributed by atoms with Gasteiger partial charge in [0, 0.05) is 12.6 Å². The van der Waals surface area contributed by atoms with Crippen molar-refractivity contribution in [3.8, 4) is 0 Å². The summed E-state index contributed by atoms with van der Waals surface area (Å²) in [4.78, 5) is 12.0. The molecule has 24 heavy (non-hydrogen) atoms. The van der Waals surface area contributed by atoms with Gasteiger partial charge in [-0.2, -0.15) is 0 Å². The number of carbonyl (C=O) groups excluding carboxylic acids is 1. The summed E-state index contributed by atoms with van der Waals surface area (Å²) >= 11 is 0. The van der Waals surface area contributed by atoms with Gasteiger partial charge in [0.1, 0.15) is 18.1 Å². The van der Waals surface area contributed by atoms with E-state index in [1.807, 2.05) is 0 Å². The molecule has 0 spiro atoms. The smallest absolute Gasteiger partial charge is 0.240 e. The second-order valence-electron chi connectivity index (χ2n) is 5.26. The first-order valence-corrected chi connectivity index (χ1v) is 9.03. The van der Waals surface area contributed by atoms with Crippen LogP contribution in [0.15, 0.2) is 34.9 Å². The average Bonchev–Trinajstić information content (AvgIpc) is 2.92. The van der Waals surface area contributed by atoms with Crippen molar-refractivity contribution in [3.05, 3.63) is 47.5 Å². The number of anilines is 1. The first-order valence-electron chi connectivity index (χ1n) is 7.18. The van der Waals surface area contributed by atoms with Crippen molar-refractivity contribution in [1.82, 2.24) is 10.5 Å². The van der Waals surface area contributed by atoms with Gasteiger partial charge in [0.15, 0.2) is 5.82 Å². The van der Waals surface area contributed by atoms with Gasteiger partial charge >= 0.3 is 0 Å². The van der Waals surface area contributed by atoms with Crippen LogP contribution in [0, 0.1) is 12.7 Å². The molecule has 0 aliphatic heterocycles. The highest BCUT2D eigenvalue weighted by molar-refractivity contribution is 7.92. The van der Waals surface area contributed by atoms with E-state index in [9.17, 15) is 17.6 Å². The van der Waals surface area contributed by atoms with Gasteiger partial charge in [-0.05, 0) is 25.0 Å². The Hall–Kier alpha value is -2.42. The van der Waals surface area contributed by atoms with Gasteiger partial charge in [0.2, 0.25) is 15.9 Å². The van der Waals surface area contributed by atoms with Crippen LogP contribution in [0.25, 0.3) is 0 Å². The van der Waals surface area contributed by atoms with E-state index in [-0.39, 0.29) is 18.2 Å². The Morgan fingerprint density at radius 2 is 2.08 bits per heavy atom. The molecule has 0 unspecified atom stereocenters. The number of halogens is 1. The lowest BCUT2D eigenvalue weighted by Gasteiger charge is -2.18. The first-order chi connectivity index (χ1) is 11.3. The van der Waals surface area contributed by atoms with E-state index >= 15 is 0 Å². The third-order valence-corrected chi connectivity index (χ3v) is 4.35. The van der Waals surface area contributed by atoms with Crippen molar-refractivity contribution in [2.24, 2.45) is 0 Å². The fourth-order valence-corrected chi connectivity index (χ4v) is 2.84. The standard InChI is InChI=1S/C15H18FN3O4S/c1-11-9-14(18-23-11)19(24(2,21)22)10-15(20)17-8-7-12-5-3-4-6-13(12)16/h3-6,9H,7-8,10H2,1-2H3,(H,17,20). The van der Waals surface area contributed by atoms with Crippen LogP contribution in [0.3, 0.4) is 0 Å². The van der Waals surface area contributed by atoms with Crippen LogP contribution < -0.4 is 9.62 Å². The van der Waals surface area contributed by atoms with Crippen LogP contribution in [0.4, 0.5) is 10.2 Å². The molecular weight excluding hydrogens is 337 g/mol. The minimum atomic E-state index is -3.69. The number of aryl methyl sites for hydroxylation is 1. The number of carbonyl (C=O) groups is 1. The van der Waals surface area contributed by atoms with Crippen LogP contribution in [-0.4, -0.2) is 38.8 Å². The quantitative estimate of drug-likeness (QED) is 0.807. The fraction of sp³-hybridized carbons (Fsp3) is 0.333. The van der Waals surface area contributed by atoms with Gasteiger partial charge in [-0.3, -0.25) is 4.79 Å². The van der Waals surface area contributed by atoms with Gasteiger partial charge in [-0.15, -0.1) is 0 Å². The number of nitrogens with zero attached hydrogens (tertiary/aromatic N) is 2. The molecular formula is C15H18FN3O4S. The number of sulfonamides is 1. The molecule has 1 aromatic carbocycles. The molecule has 9 heteroatoms. The largest absolute Gasteiger partial charge is 0.360 e. The normalized spacial score (nSPS) is 11.3. The molecule has 1 aromatic heterocycles. The highest BCUT2D eigenvalue weighted by Gasteiger charge is 2.23. The van der Waals surface area contributed by atoms with E-state index in [0.29, 0.717) is 17.7 Å². The van der Waals surface area contributed by atoms with E-state index in [0.717, 1.165) is 10.6 Å². The molecule has 0 atom stereocenters. The number of hydrogen-bond donors (Lipinski definition) is 1. The monoisotopic (exact) mass is 355 g/mol. The Balaban J connectivity index is 1.95. The Morgan fingerprint density at radius 3 is 2.67 bits per heavy atom. The van der Waals surface area contributed by atoms with Gasteiger partial charge < -0.3 is 9.84 Å². The maximum Gasteiger partial charge on any atom is 0.240 e. The second-order valence-corrected chi connectivity index (χ2v) is 7.16. The predicted molar refractivity (Wildman–Crippen MR) is 86.5 cm³/mol. The zero-order valence-electron chi connectivity index (χ0n) is 13.3. The minimum Gasteiger partial charge on any atom is -0.360 e. The molecule has 0 saturated heterocycles. The third-order valence-electron chi connectivity index (χ3n) is 3.23. The number of aromatic nitrogens is 1. The highest BCUT2D eigenvalue weighted by Crippen LogP contribution is 2.16. The lowest BCUT2D eigenvalue weighted by Crippen LogP contribution is -2.41. The molecule has 0 aliphatic carbocycles. The molecule has 2 aromatic rings. The van der Waals surface area contributed by atoms with E-state index in [1.54, 1.807) is 25.1 Å². The number of rotatable bonds is 7. The number of benzene rings is 1. The third kappa shape index (κ3) is 4.79. The molecule has 0 fully saturated rings. The Kier molecular flexibility index (Phi) is 5.55. The van der Waals surface area contributed by atoms with Crippen molar-refractivity contribution in [3.63, 3.8) is 0 Å². The molecule has 0 bridgehead atoms. The Morgan fingerprint density at radius 1 is 1.38 bits per heavy atom. The first kappa shape index (κ1) is 17.9. The summed E-state index contributed by atoms with van der Waals surface area (Å²) in [6, 6.07) is 7.69. The van der Waals surface area contributed by atoms with Gasteiger partial charge in [0.05, 0.1) is 6.26 Å². The van der Waals surface area contributed by atoms with E-state index in [1.165, 1.54) is 12.1 Å². The van der Waals surface area contributed by atoms with Crippen molar-refractivity contribution >= 4 is 21.7 Å². The summed E-state index contributed by atoms with van der Waals surface area (Å²) < 4.78 is 42.8. The topological polar surface area (TPSA) is 92.5 Å². The predicted octanol–water partition coefficient (Wildman–Crippen LogP) is 1.25.